The van der Waals surface area contributed by atoms with Crippen LogP contribution in [0, 0.1) is 23.2 Å². The topological polar surface area (TPSA) is 17.1 Å². The zero-order chi connectivity index (χ0) is 16.7. The van der Waals surface area contributed by atoms with Gasteiger partial charge in [-0.25, -0.2) is 0 Å². The van der Waals surface area contributed by atoms with E-state index >= 15 is 0 Å². The van der Waals surface area contributed by atoms with Crippen LogP contribution in [0.2, 0.25) is 0 Å². The van der Waals surface area contributed by atoms with Crippen LogP contribution in [0.1, 0.15) is 51.0 Å². The number of halogens is 1. The molecule has 0 atom stereocenters. The summed E-state index contributed by atoms with van der Waals surface area (Å²) in [4.78, 5) is 13.1. The molecule has 0 N–H and O–H groups in total. The van der Waals surface area contributed by atoms with E-state index in [4.69, 9.17) is 0 Å². The molecule has 4 aliphatic carbocycles. The second-order valence-corrected chi connectivity index (χ2v) is 9.40. The standard InChI is InChI=1S/C22H25BrO/c1-15(23)20(19-5-3-2-4-6-19)7-8-21(24)22-12-16-9-17(13-22)11-18(10-16)14-22/h2-8,16-18H,9-14H2,1H3/b8-7+,20-15-. The monoisotopic (exact) mass is 384 g/mol. The average molecular weight is 385 g/mol. The molecule has 24 heavy (non-hydrogen) atoms. The summed E-state index contributed by atoms with van der Waals surface area (Å²) in [5.41, 5.74) is 2.22. The van der Waals surface area contributed by atoms with Gasteiger partial charge in [0.05, 0.1) is 0 Å². The lowest BCUT2D eigenvalue weighted by Crippen LogP contribution is -2.49. The van der Waals surface area contributed by atoms with Gasteiger partial charge in [0.2, 0.25) is 0 Å². The fourth-order valence-electron chi connectivity index (χ4n) is 5.78. The van der Waals surface area contributed by atoms with Gasteiger partial charge in [-0.1, -0.05) is 52.3 Å². The molecule has 0 spiro atoms. The van der Waals surface area contributed by atoms with Crippen molar-refractivity contribution in [2.45, 2.75) is 45.4 Å². The van der Waals surface area contributed by atoms with Crippen molar-refractivity contribution in [3.8, 4) is 0 Å². The van der Waals surface area contributed by atoms with Gasteiger partial charge in [-0.3, -0.25) is 4.79 Å². The number of hydrogen-bond acceptors (Lipinski definition) is 1. The highest BCUT2D eigenvalue weighted by molar-refractivity contribution is 9.11. The summed E-state index contributed by atoms with van der Waals surface area (Å²) >= 11 is 3.61. The first-order chi connectivity index (χ1) is 11.6. The normalized spacial score (nSPS) is 35.3. The Morgan fingerprint density at radius 1 is 1.00 bits per heavy atom. The Labute approximate surface area is 153 Å². The molecule has 0 aliphatic heterocycles. The Morgan fingerprint density at radius 3 is 2.04 bits per heavy atom. The Kier molecular flexibility index (Phi) is 4.28. The first-order valence-electron chi connectivity index (χ1n) is 9.20. The fourth-order valence-corrected chi connectivity index (χ4v) is 6.14. The molecule has 0 saturated heterocycles. The number of allylic oxidation sites excluding steroid dienone is 4. The number of hydrogen-bond donors (Lipinski definition) is 0. The molecule has 0 radical (unpaired) electrons. The third-order valence-corrected chi connectivity index (χ3v) is 6.85. The van der Waals surface area contributed by atoms with Crippen LogP contribution < -0.4 is 0 Å². The fraction of sp³-hybridized carbons (Fsp3) is 0.500. The Hall–Kier alpha value is -1.15. The number of carbonyl (C=O) groups is 1. The number of carbonyl (C=O) groups excluding carboxylic acids is 1. The second kappa shape index (κ2) is 6.29. The molecule has 126 valence electrons. The summed E-state index contributed by atoms with van der Waals surface area (Å²) in [6.45, 7) is 2.04. The molecule has 0 unspecified atom stereocenters. The van der Waals surface area contributed by atoms with Gasteiger partial charge >= 0.3 is 0 Å². The number of rotatable bonds is 4. The second-order valence-electron chi connectivity index (χ2n) is 8.21. The molecule has 1 nitrogen and oxygen atoms in total. The van der Waals surface area contributed by atoms with Crippen LogP contribution in [0.4, 0.5) is 0 Å². The summed E-state index contributed by atoms with van der Waals surface area (Å²) in [5, 5.41) is 0. The molecule has 0 aromatic heterocycles. The van der Waals surface area contributed by atoms with Crippen molar-refractivity contribution in [2.24, 2.45) is 23.2 Å². The third kappa shape index (κ3) is 2.94. The van der Waals surface area contributed by atoms with Crippen LogP contribution in [0.15, 0.2) is 47.0 Å². The van der Waals surface area contributed by atoms with E-state index in [1.807, 2.05) is 37.3 Å². The maximum Gasteiger partial charge on any atom is 0.161 e. The Morgan fingerprint density at radius 2 is 1.54 bits per heavy atom. The van der Waals surface area contributed by atoms with E-state index in [1.165, 1.54) is 19.3 Å². The van der Waals surface area contributed by atoms with Crippen LogP contribution in [0.25, 0.3) is 5.57 Å². The summed E-state index contributed by atoms with van der Waals surface area (Å²) in [5.74, 6) is 2.82. The Balaban J connectivity index is 1.57. The minimum atomic E-state index is -0.0345. The molecule has 0 heterocycles. The van der Waals surface area contributed by atoms with Crippen molar-refractivity contribution in [3.05, 3.63) is 52.5 Å². The van der Waals surface area contributed by atoms with E-state index in [-0.39, 0.29) is 5.41 Å². The lowest BCUT2D eigenvalue weighted by molar-refractivity contribution is -0.138. The van der Waals surface area contributed by atoms with Gasteiger partial charge in [-0.2, -0.15) is 0 Å². The van der Waals surface area contributed by atoms with Crippen molar-refractivity contribution in [1.29, 1.82) is 0 Å². The van der Waals surface area contributed by atoms with E-state index in [2.05, 4.69) is 28.1 Å². The molecular weight excluding hydrogens is 360 g/mol. The van der Waals surface area contributed by atoms with Gasteiger partial charge in [0.15, 0.2) is 5.78 Å². The largest absolute Gasteiger partial charge is 0.294 e. The maximum absolute atomic E-state index is 13.1. The zero-order valence-corrected chi connectivity index (χ0v) is 15.9. The van der Waals surface area contributed by atoms with Crippen molar-refractivity contribution in [2.75, 3.05) is 0 Å². The average Bonchev–Trinajstić information content (AvgIpc) is 2.54. The van der Waals surface area contributed by atoms with Gasteiger partial charge < -0.3 is 0 Å². The van der Waals surface area contributed by atoms with Crippen LogP contribution in [0.5, 0.6) is 0 Å². The predicted octanol–water partition coefficient (Wildman–Crippen LogP) is 6.15. The van der Waals surface area contributed by atoms with Crippen LogP contribution in [0.3, 0.4) is 0 Å². The smallest absolute Gasteiger partial charge is 0.161 e. The van der Waals surface area contributed by atoms with E-state index in [9.17, 15) is 4.79 Å². The van der Waals surface area contributed by atoms with E-state index in [0.29, 0.717) is 5.78 Å². The molecule has 1 aromatic carbocycles. The molecule has 4 saturated carbocycles. The van der Waals surface area contributed by atoms with Crippen molar-refractivity contribution < 1.29 is 4.79 Å². The van der Waals surface area contributed by atoms with E-state index in [0.717, 1.165) is 52.6 Å². The highest BCUT2D eigenvalue weighted by atomic mass is 79.9. The van der Waals surface area contributed by atoms with Gasteiger partial charge in [0.25, 0.3) is 0 Å². The first-order valence-corrected chi connectivity index (χ1v) is 9.99. The highest BCUT2D eigenvalue weighted by Crippen LogP contribution is 2.60. The van der Waals surface area contributed by atoms with Gasteiger partial charge in [0.1, 0.15) is 0 Å². The van der Waals surface area contributed by atoms with Crippen molar-refractivity contribution in [3.63, 3.8) is 0 Å². The van der Waals surface area contributed by atoms with Gasteiger partial charge in [0, 0.05) is 5.41 Å². The van der Waals surface area contributed by atoms with Crippen LogP contribution in [-0.2, 0) is 4.79 Å². The minimum Gasteiger partial charge on any atom is -0.294 e. The van der Waals surface area contributed by atoms with Crippen molar-refractivity contribution in [1.82, 2.24) is 0 Å². The lowest BCUT2D eigenvalue weighted by atomic mass is 9.48. The summed E-state index contributed by atoms with van der Waals surface area (Å²) in [6.07, 6.45) is 11.5. The third-order valence-electron chi connectivity index (χ3n) is 6.42. The maximum atomic E-state index is 13.1. The molecule has 1 aromatic rings. The van der Waals surface area contributed by atoms with Gasteiger partial charge in [-0.15, -0.1) is 0 Å². The van der Waals surface area contributed by atoms with E-state index in [1.54, 1.807) is 0 Å². The Bertz CT molecular complexity index is 659. The molecule has 5 rings (SSSR count). The number of benzene rings is 1. The van der Waals surface area contributed by atoms with E-state index < -0.39 is 0 Å². The molecule has 4 aliphatic rings. The summed E-state index contributed by atoms with van der Waals surface area (Å²) in [7, 11) is 0. The van der Waals surface area contributed by atoms with Crippen LogP contribution in [-0.4, -0.2) is 5.78 Å². The summed E-state index contributed by atoms with van der Waals surface area (Å²) in [6, 6.07) is 10.3. The predicted molar refractivity (Wildman–Crippen MR) is 103 cm³/mol. The summed E-state index contributed by atoms with van der Waals surface area (Å²) < 4.78 is 1.07. The minimum absolute atomic E-state index is 0.0345. The quantitative estimate of drug-likeness (QED) is 0.449. The first kappa shape index (κ1) is 16.3. The zero-order valence-electron chi connectivity index (χ0n) is 14.3. The van der Waals surface area contributed by atoms with Crippen LogP contribution >= 0.6 is 15.9 Å². The molecule has 4 fully saturated rings. The SMILES string of the molecule is C/C(Br)=C(\C=C\C(=O)C12CC3CC(CC(C3)C1)C2)c1ccccc1. The lowest BCUT2D eigenvalue weighted by Gasteiger charge is -2.55. The molecule has 4 bridgehead atoms. The molecular formula is C22H25BrO. The van der Waals surface area contributed by atoms with Crippen molar-refractivity contribution >= 4 is 27.3 Å². The molecule has 2 heteroatoms. The number of ketones is 1. The van der Waals surface area contributed by atoms with Gasteiger partial charge in [-0.05, 0) is 84.9 Å². The molecule has 0 amide bonds. The highest BCUT2D eigenvalue weighted by Gasteiger charge is 2.53.